The van der Waals surface area contributed by atoms with E-state index in [2.05, 4.69) is 48.5 Å². The molecule has 0 saturated carbocycles. The quantitative estimate of drug-likeness (QED) is 0.523. The molecule has 3 heterocycles. The zero-order chi connectivity index (χ0) is 24.0. The van der Waals surface area contributed by atoms with Gasteiger partial charge < -0.3 is 9.80 Å². The Morgan fingerprint density at radius 2 is 1.66 bits per heavy atom. The van der Waals surface area contributed by atoms with Gasteiger partial charge in [0, 0.05) is 29.9 Å². The van der Waals surface area contributed by atoms with Gasteiger partial charge in [0.2, 0.25) is 0 Å². The molecule has 1 saturated heterocycles. The predicted molar refractivity (Wildman–Crippen MR) is 142 cm³/mol. The van der Waals surface area contributed by atoms with E-state index in [4.69, 9.17) is 0 Å². The smallest absolute Gasteiger partial charge is 0.257 e. The molecule has 0 unspecified atom stereocenters. The fourth-order valence-corrected chi connectivity index (χ4v) is 6.10. The number of thioether (sulfide) groups is 1. The van der Waals surface area contributed by atoms with Gasteiger partial charge in [-0.1, -0.05) is 66.7 Å². The molecule has 1 amide bonds. The molecular weight excluding hydrogens is 450 g/mol. The Kier molecular flexibility index (Phi) is 7.20. The number of likely N-dealkylation sites (tertiary alicyclic amines) is 1. The van der Waals surface area contributed by atoms with E-state index in [1.165, 1.54) is 11.1 Å². The summed E-state index contributed by atoms with van der Waals surface area (Å²) < 4.78 is 0. The molecule has 0 spiro atoms. The Morgan fingerprint density at radius 3 is 2.34 bits per heavy atom. The maximum Gasteiger partial charge on any atom is 0.257 e. The van der Waals surface area contributed by atoms with Gasteiger partial charge in [-0.3, -0.25) is 4.79 Å². The van der Waals surface area contributed by atoms with Gasteiger partial charge in [0.15, 0.2) is 0 Å². The highest BCUT2D eigenvalue weighted by atomic mass is 32.2. The molecule has 0 aliphatic carbocycles. The van der Waals surface area contributed by atoms with Gasteiger partial charge in [-0.05, 0) is 48.5 Å². The number of amides is 1. The monoisotopic (exact) mass is 479 g/mol. The van der Waals surface area contributed by atoms with Crippen LogP contribution in [0.3, 0.4) is 0 Å². The molecule has 0 atom stereocenters. The van der Waals surface area contributed by atoms with Crippen molar-refractivity contribution < 1.29 is 4.79 Å². The normalized spacial score (nSPS) is 18.0. The van der Waals surface area contributed by atoms with Gasteiger partial charge >= 0.3 is 0 Å². The van der Waals surface area contributed by atoms with Gasteiger partial charge in [-0.15, -0.1) is 11.8 Å². The SMILES string of the molecule is N#CC1=C(SCc2ccccc2)C(C(=O)N2CCC(Cc3ccccc3)CC2)=C2C=CC=CN2C1. The first-order valence-electron chi connectivity index (χ1n) is 12.2. The number of nitriles is 1. The minimum absolute atomic E-state index is 0.0473. The Balaban J connectivity index is 1.36. The molecule has 0 radical (unpaired) electrons. The minimum Gasteiger partial charge on any atom is -0.342 e. The summed E-state index contributed by atoms with van der Waals surface area (Å²) in [4.78, 5) is 18.8. The average molecular weight is 480 g/mol. The van der Waals surface area contributed by atoms with Crippen molar-refractivity contribution in [1.29, 1.82) is 5.26 Å². The topological polar surface area (TPSA) is 47.3 Å². The minimum atomic E-state index is 0.0473. The maximum atomic E-state index is 14.0. The lowest BCUT2D eigenvalue weighted by Gasteiger charge is -2.36. The zero-order valence-electron chi connectivity index (χ0n) is 19.8. The lowest BCUT2D eigenvalue weighted by atomic mass is 9.89. The Bertz CT molecular complexity index is 1230. The summed E-state index contributed by atoms with van der Waals surface area (Å²) in [5, 5.41) is 10.00. The van der Waals surface area contributed by atoms with E-state index < -0.39 is 0 Å². The van der Waals surface area contributed by atoms with Crippen LogP contribution in [0.15, 0.2) is 107 Å². The number of nitrogens with zero attached hydrogens (tertiary/aromatic N) is 3. The first-order valence-corrected chi connectivity index (χ1v) is 13.2. The number of allylic oxidation sites excluding steroid dienone is 3. The highest BCUT2D eigenvalue weighted by Gasteiger charge is 2.34. The fourth-order valence-electron chi connectivity index (χ4n) is 4.98. The maximum absolute atomic E-state index is 14.0. The predicted octanol–water partition coefficient (Wildman–Crippen LogP) is 5.83. The van der Waals surface area contributed by atoms with Crippen molar-refractivity contribution in [1.82, 2.24) is 9.80 Å². The third-order valence-electron chi connectivity index (χ3n) is 6.87. The largest absolute Gasteiger partial charge is 0.342 e. The van der Waals surface area contributed by atoms with Crippen LogP contribution in [0.4, 0.5) is 0 Å². The summed E-state index contributed by atoms with van der Waals surface area (Å²) in [7, 11) is 0. The zero-order valence-corrected chi connectivity index (χ0v) is 20.6. The molecule has 3 aliphatic heterocycles. The van der Waals surface area contributed by atoms with Crippen LogP contribution in [0.5, 0.6) is 0 Å². The number of rotatable bonds is 6. The van der Waals surface area contributed by atoms with E-state index in [1.807, 2.05) is 52.4 Å². The van der Waals surface area contributed by atoms with Crippen LogP contribution in [0.1, 0.15) is 24.0 Å². The molecule has 5 heteroatoms. The second-order valence-corrected chi connectivity index (χ2v) is 10.2. The van der Waals surface area contributed by atoms with Crippen molar-refractivity contribution in [2.24, 2.45) is 5.92 Å². The van der Waals surface area contributed by atoms with Crippen LogP contribution < -0.4 is 0 Å². The summed E-state index contributed by atoms with van der Waals surface area (Å²) in [6.07, 6.45) is 11.0. The molecule has 1 fully saturated rings. The van der Waals surface area contributed by atoms with Crippen LogP contribution >= 0.6 is 11.8 Å². The number of hydrogen-bond donors (Lipinski definition) is 0. The van der Waals surface area contributed by atoms with Crippen LogP contribution in [0, 0.1) is 17.2 Å². The third-order valence-corrected chi connectivity index (χ3v) is 8.09. The molecular formula is C30H29N3OS. The van der Waals surface area contributed by atoms with Crippen molar-refractivity contribution in [3.63, 3.8) is 0 Å². The first-order chi connectivity index (χ1) is 17.2. The van der Waals surface area contributed by atoms with E-state index >= 15 is 0 Å². The second kappa shape index (κ2) is 10.8. The van der Waals surface area contributed by atoms with Crippen molar-refractivity contribution in [3.05, 3.63) is 118 Å². The number of piperidine rings is 1. The van der Waals surface area contributed by atoms with Crippen LogP contribution in [-0.4, -0.2) is 35.3 Å². The van der Waals surface area contributed by atoms with Crippen molar-refractivity contribution in [3.8, 4) is 6.07 Å². The van der Waals surface area contributed by atoms with Gasteiger partial charge in [0.1, 0.15) is 0 Å². The Morgan fingerprint density at radius 1 is 0.971 bits per heavy atom. The summed E-state index contributed by atoms with van der Waals surface area (Å²) >= 11 is 1.61. The molecule has 3 aliphatic rings. The lowest BCUT2D eigenvalue weighted by molar-refractivity contribution is -0.128. The molecule has 0 N–H and O–H groups in total. The summed E-state index contributed by atoms with van der Waals surface area (Å²) in [5.74, 6) is 1.37. The molecule has 4 nitrogen and oxygen atoms in total. The molecule has 0 aromatic heterocycles. The lowest BCUT2D eigenvalue weighted by Crippen LogP contribution is -2.42. The van der Waals surface area contributed by atoms with Crippen molar-refractivity contribution in [2.75, 3.05) is 19.6 Å². The molecule has 0 bridgehead atoms. The number of carbonyl (C=O) groups is 1. The van der Waals surface area contributed by atoms with Crippen LogP contribution in [-0.2, 0) is 17.0 Å². The fraction of sp³-hybridized carbons (Fsp3) is 0.267. The summed E-state index contributed by atoms with van der Waals surface area (Å²) in [6.45, 7) is 2.01. The molecule has 35 heavy (non-hydrogen) atoms. The molecule has 5 rings (SSSR count). The van der Waals surface area contributed by atoms with E-state index in [0.29, 0.717) is 23.6 Å². The van der Waals surface area contributed by atoms with E-state index in [0.717, 1.165) is 48.7 Å². The number of benzene rings is 2. The Hall–Kier alpha value is -3.49. The first kappa shape index (κ1) is 23.3. The summed E-state index contributed by atoms with van der Waals surface area (Å²) in [6, 6.07) is 23.2. The third kappa shape index (κ3) is 5.28. The highest BCUT2D eigenvalue weighted by Crippen LogP contribution is 2.40. The van der Waals surface area contributed by atoms with Gasteiger partial charge in [-0.25, -0.2) is 0 Å². The Labute approximate surface area is 211 Å². The number of fused-ring (bicyclic) bond motifs is 1. The highest BCUT2D eigenvalue weighted by molar-refractivity contribution is 8.02. The average Bonchev–Trinajstić information content (AvgIpc) is 2.92. The van der Waals surface area contributed by atoms with Crippen molar-refractivity contribution in [2.45, 2.75) is 25.0 Å². The van der Waals surface area contributed by atoms with E-state index in [-0.39, 0.29) is 5.91 Å². The van der Waals surface area contributed by atoms with Crippen molar-refractivity contribution >= 4 is 17.7 Å². The number of carbonyl (C=O) groups excluding carboxylic acids is 1. The molecule has 176 valence electrons. The van der Waals surface area contributed by atoms with E-state index in [9.17, 15) is 10.1 Å². The second-order valence-electron chi connectivity index (χ2n) is 9.21. The van der Waals surface area contributed by atoms with Gasteiger partial charge in [0.25, 0.3) is 5.91 Å². The molecule has 2 aromatic carbocycles. The molecule has 2 aromatic rings. The number of hydrogen-bond acceptors (Lipinski definition) is 4. The van der Waals surface area contributed by atoms with E-state index in [1.54, 1.807) is 11.8 Å². The van der Waals surface area contributed by atoms with Crippen LogP contribution in [0.25, 0.3) is 0 Å². The van der Waals surface area contributed by atoms with Crippen LogP contribution in [0.2, 0.25) is 0 Å². The summed E-state index contributed by atoms with van der Waals surface area (Å²) in [5.41, 5.74) is 4.79. The van der Waals surface area contributed by atoms with Gasteiger partial charge in [-0.2, -0.15) is 5.26 Å². The van der Waals surface area contributed by atoms with Gasteiger partial charge in [0.05, 0.1) is 29.5 Å². The standard InChI is InChI=1S/C30H29N3OS/c31-20-26-21-33-16-8-7-13-27(33)28(29(26)35-22-25-11-5-2-6-12-25)30(34)32-17-14-24(15-18-32)19-23-9-3-1-4-10-23/h1-13,16,24H,14-15,17-19,21-22H2.